The Balaban J connectivity index is 1.63. The van der Waals surface area contributed by atoms with Crippen molar-refractivity contribution >= 4 is 11.8 Å². The molecule has 0 aliphatic carbocycles. The molecule has 2 aliphatic heterocycles. The van der Waals surface area contributed by atoms with Crippen molar-refractivity contribution in [2.45, 2.75) is 19.9 Å². The number of fused-ring (bicyclic) bond motifs is 1. The van der Waals surface area contributed by atoms with Gasteiger partial charge < -0.3 is 14.7 Å². The smallest absolute Gasteiger partial charge is 0.254 e. The lowest BCUT2D eigenvalue weighted by atomic mass is 9.89. The van der Waals surface area contributed by atoms with Gasteiger partial charge in [0.15, 0.2) is 0 Å². The lowest BCUT2D eigenvalue weighted by Gasteiger charge is -2.30. The predicted molar refractivity (Wildman–Crippen MR) is 118 cm³/mol. The molecule has 3 atom stereocenters. The molecule has 2 aliphatic rings. The summed E-state index contributed by atoms with van der Waals surface area (Å²) in [5.74, 6) is 0.861. The first-order chi connectivity index (χ1) is 14.3. The average Bonchev–Trinajstić information content (AvgIpc) is 3.25. The van der Waals surface area contributed by atoms with Crippen LogP contribution in [0, 0.1) is 25.7 Å². The first-order valence-electron chi connectivity index (χ1n) is 10.7. The summed E-state index contributed by atoms with van der Waals surface area (Å²) in [4.78, 5) is 32.2. The summed E-state index contributed by atoms with van der Waals surface area (Å²) < 4.78 is 0. The van der Waals surface area contributed by atoms with Crippen molar-refractivity contribution in [1.82, 2.24) is 14.7 Å². The fourth-order valence-electron chi connectivity index (χ4n) is 5.11. The third kappa shape index (κ3) is 3.86. The molecule has 30 heavy (non-hydrogen) atoms. The van der Waals surface area contributed by atoms with E-state index in [1.54, 1.807) is 0 Å². The van der Waals surface area contributed by atoms with E-state index in [2.05, 4.69) is 23.1 Å². The number of benzene rings is 2. The van der Waals surface area contributed by atoms with Gasteiger partial charge in [0.05, 0.1) is 12.6 Å². The molecule has 0 N–H and O–H groups in total. The van der Waals surface area contributed by atoms with E-state index in [1.165, 1.54) is 0 Å². The van der Waals surface area contributed by atoms with Crippen molar-refractivity contribution in [1.29, 1.82) is 0 Å². The van der Waals surface area contributed by atoms with E-state index >= 15 is 0 Å². The highest BCUT2D eigenvalue weighted by Crippen LogP contribution is 2.45. The van der Waals surface area contributed by atoms with E-state index in [-0.39, 0.29) is 23.8 Å². The molecular formula is C25H31N3O2. The Morgan fingerprint density at radius 1 is 1.00 bits per heavy atom. The largest absolute Gasteiger partial charge is 0.341 e. The minimum atomic E-state index is 0.00144. The quantitative estimate of drug-likeness (QED) is 0.785. The maximum atomic E-state index is 13.6. The zero-order valence-electron chi connectivity index (χ0n) is 18.3. The second kappa shape index (κ2) is 8.23. The second-order valence-corrected chi connectivity index (χ2v) is 9.09. The minimum Gasteiger partial charge on any atom is -0.341 e. The van der Waals surface area contributed by atoms with Crippen LogP contribution in [0.15, 0.2) is 48.5 Å². The molecule has 2 aromatic rings. The van der Waals surface area contributed by atoms with Crippen LogP contribution in [0.3, 0.4) is 0 Å². The Kier molecular flexibility index (Phi) is 5.65. The van der Waals surface area contributed by atoms with Crippen LogP contribution in [0.1, 0.15) is 33.1 Å². The van der Waals surface area contributed by atoms with Crippen molar-refractivity contribution in [3.8, 4) is 0 Å². The molecule has 0 bridgehead atoms. The van der Waals surface area contributed by atoms with Crippen LogP contribution in [0.4, 0.5) is 0 Å². The monoisotopic (exact) mass is 405 g/mol. The first-order valence-corrected chi connectivity index (χ1v) is 10.7. The van der Waals surface area contributed by atoms with Gasteiger partial charge in [0.1, 0.15) is 0 Å². The Hall–Kier alpha value is -2.66. The van der Waals surface area contributed by atoms with Crippen molar-refractivity contribution in [3.63, 3.8) is 0 Å². The second-order valence-electron chi connectivity index (χ2n) is 9.09. The summed E-state index contributed by atoms with van der Waals surface area (Å²) in [7, 11) is 3.85. The molecule has 2 heterocycles. The van der Waals surface area contributed by atoms with Crippen molar-refractivity contribution < 1.29 is 9.59 Å². The summed E-state index contributed by atoms with van der Waals surface area (Å²) in [5, 5.41) is 0. The summed E-state index contributed by atoms with van der Waals surface area (Å²) in [6.07, 6.45) is 0. The van der Waals surface area contributed by atoms with E-state index in [9.17, 15) is 9.59 Å². The number of amides is 2. The number of rotatable bonds is 4. The molecule has 5 heteroatoms. The van der Waals surface area contributed by atoms with Gasteiger partial charge in [0.25, 0.3) is 5.91 Å². The maximum Gasteiger partial charge on any atom is 0.254 e. The summed E-state index contributed by atoms with van der Waals surface area (Å²) in [5.41, 5.74) is 4.12. The molecule has 0 radical (unpaired) electrons. The Morgan fingerprint density at radius 3 is 2.40 bits per heavy atom. The molecule has 0 unspecified atom stereocenters. The molecule has 5 nitrogen and oxygen atoms in total. The zero-order valence-corrected chi connectivity index (χ0v) is 18.3. The van der Waals surface area contributed by atoms with Gasteiger partial charge in [0, 0.05) is 37.0 Å². The van der Waals surface area contributed by atoms with Gasteiger partial charge in [-0.3, -0.25) is 9.59 Å². The van der Waals surface area contributed by atoms with Crippen LogP contribution >= 0.6 is 0 Å². The van der Waals surface area contributed by atoms with Gasteiger partial charge in [-0.05, 0) is 45.1 Å². The van der Waals surface area contributed by atoms with Crippen LogP contribution in [0.25, 0.3) is 0 Å². The number of carbonyl (C=O) groups excluding carboxylic acids is 2. The fourth-order valence-corrected chi connectivity index (χ4v) is 5.11. The standard InChI is InChI=1S/C25H31N3O2/c1-17-10-11-21(18(2)12-17)25(30)28-14-20-13-27(23(29)16-26(3)4)15-22(20)24(28)19-8-6-5-7-9-19/h5-12,20,22,24H,13-16H2,1-4H3/t20-,22-,24+/m0/s1. The van der Waals surface area contributed by atoms with Crippen LogP contribution < -0.4 is 0 Å². The van der Waals surface area contributed by atoms with Gasteiger partial charge in [-0.25, -0.2) is 0 Å². The Bertz CT molecular complexity index is 941. The van der Waals surface area contributed by atoms with E-state index in [1.807, 2.05) is 68.1 Å². The Labute approximate surface area is 179 Å². The van der Waals surface area contributed by atoms with Crippen LogP contribution in [-0.2, 0) is 4.79 Å². The third-order valence-corrected chi connectivity index (χ3v) is 6.48. The van der Waals surface area contributed by atoms with Gasteiger partial charge in [0.2, 0.25) is 5.91 Å². The summed E-state index contributed by atoms with van der Waals surface area (Å²) >= 11 is 0. The summed E-state index contributed by atoms with van der Waals surface area (Å²) in [6, 6.07) is 16.3. The molecular weight excluding hydrogens is 374 g/mol. The highest BCUT2D eigenvalue weighted by atomic mass is 16.2. The fraction of sp³-hybridized carbons (Fsp3) is 0.440. The predicted octanol–water partition coefficient (Wildman–Crippen LogP) is 3.14. The lowest BCUT2D eigenvalue weighted by Crippen LogP contribution is -2.40. The molecule has 158 valence electrons. The maximum absolute atomic E-state index is 13.6. The number of nitrogens with zero attached hydrogens (tertiary/aromatic N) is 3. The van der Waals surface area contributed by atoms with E-state index < -0.39 is 0 Å². The molecule has 2 fully saturated rings. The molecule has 0 spiro atoms. The molecule has 2 saturated heterocycles. The van der Waals surface area contributed by atoms with Crippen molar-refractivity contribution in [2.24, 2.45) is 11.8 Å². The van der Waals surface area contributed by atoms with Crippen LogP contribution in [0.2, 0.25) is 0 Å². The molecule has 0 aromatic heterocycles. The zero-order chi connectivity index (χ0) is 21.4. The third-order valence-electron chi connectivity index (χ3n) is 6.48. The molecule has 2 amide bonds. The van der Waals surface area contributed by atoms with Crippen LogP contribution in [0.5, 0.6) is 0 Å². The van der Waals surface area contributed by atoms with Crippen LogP contribution in [-0.4, -0.2) is 66.8 Å². The minimum absolute atomic E-state index is 0.00144. The van der Waals surface area contributed by atoms with E-state index in [0.717, 1.165) is 28.8 Å². The number of likely N-dealkylation sites (N-methyl/N-ethyl adjacent to an activating group) is 1. The average molecular weight is 406 g/mol. The number of carbonyl (C=O) groups is 2. The topological polar surface area (TPSA) is 43.9 Å². The number of hydrogen-bond donors (Lipinski definition) is 0. The van der Waals surface area contributed by atoms with Gasteiger partial charge in [-0.2, -0.15) is 0 Å². The number of aryl methyl sites for hydroxylation is 2. The molecule has 2 aromatic carbocycles. The summed E-state index contributed by atoms with van der Waals surface area (Å²) in [6.45, 7) is 6.64. The number of hydrogen-bond acceptors (Lipinski definition) is 3. The lowest BCUT2D eigenvalue weighted by molar-refractivity contribution is -0.131. The van der Waals surface area contributed by atoms with Gasteiger partial charge in [-0.1, -0.05) is 48.0 Å². The first kappa shape index (κ1) is 20.6. The van der Waals surface area contributed by atoms with Gasteiger partial charge >= 0.3 is 0 Å². The highest BCUT2D eigenvalue weighted by Gasteiger charge is 2.50. The molecule has 0 saturated carbocycles. The number of likely N-dealkylation sites (tertiary alicyclic amines) is 2. The molecule has 4 rings (SSSR count). The van der Waals surface area contributed by atoms with Crippen molar-refractivity contribution in [3.05, 3.63) is 70.8 Å². The van der Waals surface area contributed by atoms with E-state index in [4.69, 9.17) is 0 Å². The SMILES string of the molecule is Cc1ccc(C(=O)N2C[C@@H]3CN(C(=O)CN(C)C)C[C@@H]3[C@H]2c2ccccc2)c(C)c1. The normalized spacial score (nSPS) is 23.2. The van der Waals surface area contributed by atoms with Gasteiger partial charge in [-0.15, -0.1) is 0 Å². The Morgan fingerprint density at radius 2 is 1.73 bits per heavy atom. The van der Waals surface area contributed by atoms with Crippen molar-refractivity contribution in [2.75, 3.05) is 40.3 Å². The van der Waals surface area contributed by atoms with E-state index in [0.29, 0.717) is 25.6 Å². The highest BCUT2D eigenvalue weighted by molar-refractivity contribution is 5.96.